The van der Waals surface area contributed by atoms with E-state index in [0.29, 0.717) is 24.0 Å². The van der Waals surface area contributed by atoms with Gasteiger partial charge in [-0.25, -0.2) is 4.99 Å². The lowest BCUT2D eigenvalue weighted by Crippen LogP contribution is -2.17. The first-order valence-corrected chi connectivity index (χ1v) is 12.5. The van der Waals surface area contributed by atoms with Crippen LogP contribution in [0.2, 0.25) is 0 Å². The van der Waals surface area contributed by atoms with Crippen molar-refractivity contribution in [2.45, 2.75) is 57.3 Å². The first kappa shape index (κ1) is 22.5. The standard InChI is InChI=1S/C24H30N6OS/c1-16-8-10-22(28-26-16)17-6-5-7-18(12-17)23-11-9-19(27-29-23)13-21(31)14-20-15-32(4)24(25-20)30(2)3/h8-11,15,17-18H,4-7,12-14H2,1-3H3/t17-,18-,32?/m0/s1. The quantitative estimate of drug-likeness (QED) is 0.619. The van der Waals surface area contributed by atoms with Crippen molar-refractivity contribution in [3.63, 3.8) is 0 Å². The Hall–Kier alpha value is -2.74. The van der Waals surface area contributed by atoms with Gasteiger partial charge < -0.3 is 4.90 Å². The predicted molar refractivity (Wildman–Crippen MR) is 130 cm³/mol. The van der Waals surface area contributed by atoms with Gasteiger partial charge in [-0.2, -0.15) is 20.4 Å². The van der Waals surface area contributed by atoms with Crippen molar-refractivity contribution in [2.75, 3.05) is 14.1 Å². The van der Waals surface area contributed by atoms with Gasteiger partial charge in [-0.05, 0) is 55.9 Å². The van der Waals surface area contributed by atoms with E-state index < -0.39 is 0 Å². The molecule has 2 aromatic heterocycles. The minimum absolute atomic E-state index is 0.0923. The van der Waals surface area contributed by atoms with Crippen molar-refractivity contribution in [3.05, 3.63) is 58.1 Å². The fourth-order valence-electron chi connectivity index (χ4n) is 4.34. The highest BCUT2D eigenvalue weighted by atomic mass is 32.2. The van der Waals surface area contributed by atoms with Crippen molar-refractivity contribution in [3.8, 4) is 0 Å². The SMILES string of the molecule is C=S1C=C(CC(=O)Cc2ccc([C@H]3CCC[C@H](c4ccc(C)nn4)C3)nn2)N=C1N(C)C. The summed E-state index contributed by atoms with van der Waals surface area (Å²) in [5.74, 6) is 4.97. The molecule has 1 saturated carbocycles. The van der Waals surface area contributed by atoms with Gasteiger partial charge in [0.2, 0.25) is 0 Å². The lowest BCUT2D eigenvalue weighted by atomic mass is 9.78. The number of rotatable bonds is 6. The van der Waals surface area contributed by atoms with Gasteiger partial charge in [-0.15, -0.1) is 10.5 Å². The molecule has 32 heavy (non-hydrogen) atoms. The van der Waals surface area contributed by atoms with E-state index in [1.165, 1.54) is 0 Å². The van der Waals surface area contributed by atoms with E-state index in [1.54, 1.807) is 0 Å². The fourth-order valence-corrected chi connectivity index (χ4v) is 5.62. The summed E-state index contributed by atoms with van der Waals surface area (Å²) >= 11 is 0. The van der Waals surface area contributed by atoms with Gasteiger partial charge in [0.25, 0.3) is 0 Å². The monoisotopic (exact) mass is 450 g/mol. The van der Waals surface area contributed by atoms with Gasteiger partial charge in [0.05, 0.1) is 34.9 Å². The van der Waals surface area contributed by atoms with Crippen LogP contribution in [0.5, 0.6) is 0 Å². The highest BCUT2D eigenvalue weighted by Gasteiger charge is 2.26. The number of carbonyl (C=O) groups is 1. The summed E-state index contributed by atoms with van der Waals surface area (Å²) < 4.78 is 0. The van der Waals surface area contributed by atoms with Gasteiger partial charge in [-0.1, -0.05) is 12.3 Å². The molecule has 1 unspecified atom stereocenters. The topological polar surface area (TPSA) is 84.2 Å². The second-order valence-electron chi connectivity index (χ2n) is 8.83. The summed E-state index contributed by atoms with van der Waals surface area (Å²) in [7, 11) is 3.61. The highest BCUT2D eigenvalue weighted by molar-refractivity contribution is 8.29. The molecule has 0 radical (unpaired) electrons. The molecule has 1 fully saturated rings. The Kier molecular flexibility index (Phi) is 6.89. The predicted octanol–water partition coefficient (Wildman–Crippen LogP) is 3.99. The van der Waals surface area contributed by atoms with Gasteiger partial charge in [0.15, 0.2) is 5.17 Å². The Morgan fingerprint density at radius 2 is 1.72 bits per heavy atom. The summed E-state index contributed by atoms with van der Waals surface area (Å²) in [5.41, 5.74) is 4.53. The van der Waals surface area contributed by atoms with Gasteiger partial charge >= 0.3 is 0 Å². The molecule has 7 nitrogen and oxygen atoms in total. The van der Waals surface area contributed by atoms with Crippen molar-refractivity contribution >= 4 is 27.3 Å². The molecular formula is C24H30N6OS. The molecule has 0 saturated heterocycles. The van der Waals surface area contributed by atoms with E-state index >= 15 is 0 Å². The molecule has 8 heteroatoms. The van der Waals surface area contributed by atoms with Crippen LogP contribution in [0, 0.1) is 6.92 Å². The number of amidine groups is 1. The Labute approximate surface area is 192 Å². The average molecular weight is 451 g/mol. The number of aryl methyl sites for hydroxylation is 1. The second-order valence-corrected chi connectivity index (χ2v) is 10.3. The normalized spacial score (nSPS) is 22.9. The molecular weight excluding hydrogens is 420 g/mol. The van der Waals surface area contributed by atoms with Crippen LogP contribution in [-0.2, 0) is 11.2 Å². The lowest BCUT2D eigenvalue weighted by molar-refractivity contribution is -0.117. The Bertz CT molecular complexity index is 1060. The van der Waals surface area contributed by atoms with E-state index in [1.807, 2.05) is 49.5 Å². The Morgan fingerprint density at radius 1 is 1.03 bits per heavy atom. The molecule has 1 aliphatic heterocycles. The summed E-state index contributed by atoms with van der Waals surface area (Å²) in [5, 5.41) is 20.4. The third-order valence-electron chi connectivity index (χ3n) is 5.96. The van der Waals surface area contributed by atoms with Gasteiger partial charge in [-0.3, -0.25) is 4.79 Å². The Morgan fingerprint density at radius 3 is 2.28 bits per heavy atom. The van der Waals surface area contributed by atoms with Crippen molar-refractivity contribution in [1.82, 2.24) is 25.3 Å². The molecule has 2 aromatic rings. The summed E-state index contributed by atoms with van der Waals surface area (Å²) in [6, 6.07) is 8.11. The smallest absolute Gasteiger partial charge is 0.161 e. The molecule has 3 heterocycles. The average Bonchev–Trinajstić information content (AvgIpc) is 3.15. The Balaban J connectivity index is 1.35. The molecule has 2 aliphatic rings. The maximum atomic E-state index is 12.5. The zero-order valence-corrected chi connectivity index (χ0v) is 19.8. The van der Waals surface area contributed by atoms with Crippen LogP contribution in [0.4, 0.5) is 0 Å². The molecule has 168 valence electrons. The van der Waals surface area contributed by atoms with Crippen molar-refractivity contribution in [1.29, 1.82) is 0 Å². The number of hydrogen-bond donors (Lipinski definition) is 0. The third-order valence-corrected chi connectivity index (χ3v) is 7.44. The van der Waals surface area contributed by atoms with Crippen LogP contribution in [0.3, 0.4) is 0 Å². The second kappa shape index (κ2) is 9.81. The highest BCUT2D eigenvalue weighted by Crippen LogP contribution is 2.39. The number of nitrogens with zero attached hydrogens (tertiary/aromatic N) is 6. The number of carbonyl (C=O) groups excluding carboxylic acids is 1. The largest absolute Gasteiger partial charge is 0.357 e. The molecule has 4 rings (SSSR count). The zero-order valence-electron chi connectivity index (χ0n) is 19.0. The van der Waals surface area contributed by atoms with E-state index in [9.17, 15) is 4.79 Å². The van der Waals surface area contributed by atoms with E-state index in [4.69, 9.17) is 0 Å². The molecule has 0 amide bonds. The molecule has 0 spiro atoms. The van der Waals surface area contributed by atoms with Crippen LogP contribution in [0.15, 0.2) is 40.4 Å². The van der Waals surface area contributed by atoms with Crippen molar-refractivity contribution < 1.29 is 4.79 Å². The summed E-state index contributed by atoms with van der Waals surface area (Å²) in [4.78, 5) is 19.0. The van der Waals surface area contributed by atoms with E-state index in [0.717, 1.165) is 53.6 Å². The molecule has 0 aromatic carbocycles. The van der Waals surface area contributed by atoms with Crippen LogP contribution in [0.1, 0.15) is 66.7 Å². The van der Waals surface area contributed by atoms with Crippen LogP contribution >= 0.6 is 10.5 Å². The third kappa shape index (κ3) is 5.35. The number of aliphatic imine (C=N–C) groups is 1. The zero-order chi connectivity index (χ0) is 22.7. The van der Waals surface area contributed by atoms with Gasteiger partial charge in [0, 0.05) is 32.4 Å². The number of ketones is 1. The minimum atomic E-state index is -0.283. The van der Waals surface area contributed by atoms with Crippen LogP contribution < -0.4 is 0 Å². The minimum Gasteiger partial charge on any atom is -0.357 e. The molecule has 0 N–H and O–H groups in total. The molecule has 0 bridgehead atoms. The molecule has 1 aliphatic carbocycles. The number of aromatic nitrogens is 4. The number of Topliss-reactive ketones (excluding diaryl/α,β-unsaturated/α-hetero) is 1. The summed E-state index contributed by atoms with van der Waals surface area (Å²) in [6.45, 7) is 1.96. The maximum absolute atomic E-state index is 12.5. The van der Waals surface area contributed by atoms with E-state index in [-0.39, 0.29) is 22.7 Å². The van der Waals surface area contributed by atoms with Crippen LogP contribution in [-0.4, -0.2) is 56.2 Å². The lowest BCUT2D eigenvalue weighted by Gasteiger charge is -2.28. The number of allylic oxidation sites excluding steroid dienone is 1. The number of hydrogen-bond acceptors (Lipinski definition) is 7. The summed E-state index contributed by atoms with van der Waals surface area (Å²) in [6.07, 6.45) is 4.98. The fraction of sp³-hybridized carbons (Fsp3) is 0.458. The molecule has 3 atom stereocenters. The van der Waals surface area contributed by atoms with Crippen LogP contribution in [0.25, 0.3) is 0 Å². The van der Waals surface area contributed by atoms with E-state index in [2.05, 4.69) is 37.3 Å². The first-order valence-electron chi connectivity index (χ1n) is 11.0. The first-order chi connectivity index (χ1) is 15.4. The van der Waals surface area contributed by atoms with Crippen molar-refractivity contribution in [2.24, 2.45) is 4.99 Å². The van der Waals surface area contributed by atoms with Gasteiger partial charge in [0.1, 0.15) is 5.78 Å². The maximum Gasteiger partial charge on any atom is 0.161 e.